The lowest BCUT2D eigenvalue weighted by Crippen LogP contribution is -2.46. The molecule has 142 valence electrons. The first-order valence-electron chi connectivity index (χ1n) is 9.12. The van der Waals surface area contributed by atoms with Crippen LogP contribution in [0, 0.1) is 0 Å². The van der Waals surface area contributed by atoms with Gasteiger partial charge in [0.2, 0.25) is 0 Å². The number of hydrogen-bond donors (Lipinski definition) is 2. The van der Waals surface area contributed by atoms with Gasteiger partial charge in [0.1, 0.15) is 0 Å². The number of imidazole rings is 1. The summed E-state index contributed by atoms with van der Waals surface area (Å²) in [6.45, 7) is 6.23. The molecule has 0 saturated carbocycles. The van der Waals surface area contributed by atoms with E-state index in [0.29, 0.717) is 6.04 Å². The highest BCUT2D eigenvalue weighted by atomic mass is 32.1. The third-order valence-electron chi connectivity index (χ3n) is 4.49. The number of thiophene rings is 1. The van der Waals surface area contributed by atoms with Crippen LogP contribution < -0.4 is 10.6 Å². The molecule has 0 bridgehead atoms. The largest absolute Gasteiger partial charge is 0.379 e. The molecule has 0 spiro atoms. The first-order chi connectivity index (χ1) is 12.9. The van der Waals surface area contributed by atoms with Crippen LogP contribution in [0.15, 0.2) is 41.2 Å². The lowest BCUT2D eigenvalue weighted by molar-refractivity contribution is 0.0177. The second-order valence-electron chi connectivity index (χ2n) is 6.21. The van der Waals surface area contributed by atoms with Crippen LogP contribution in [0.4, 0.5) is 0 Å². The molecule has 2 aromatic heterocycles. The van der Waals surface area contributed by atoms with E-state index < -0.39 is 0 Å². The predicted octanol–water partition coefficient (Wildman–Crippen LogP) is 1.57. The van der Waals surface area contributed by atoms with E-state index in [1.807, 2.05) is 37.1 Å². The smallest absolute Gasteiger partial charge is 0.191 e. The molecule has 3 heterocycles. The topological polar surface area (TPSA) is 66.7 Å². The predicted molar refractivity (Wildman–Crippen MR) is 106 cm³/mol. The van der Waals surface area contributed by atoms with Gasteiger partial charge in [-0.3, -0.25) is 9.89 Å². The van der Waals surface area contributed by atoms with Crippen molar-refractivity contribution in [2.24, 2.45) is 4.99 Å². The summed E-state index contributed by atoms with van der Waals surface area (Å²) in [5.41, 5.74) is 0. The van der Waals surface area contributed by atoms with Gasteiger partial charge >= 0.3 is 0 Å². The van der Waals surface area contributed by atoms with Crippen molar-refractivity contribution in [3.63, 3.8) is 0 Å². The van der Waals surface area contributed by atoms with E-state index in [0.717, 1.165) is 58.3 Å². The second kappa shape index (κ2) is 10.3. The number of nitrogens with zero attached hydrogens (tertiary/aromatic N) is 4. The summed E-state index contributed by atoms with van der Waals surface area (Å²) >= 11 is 1.81. The summed E-state index contributed by atoms with van der Waals surface area (Å²) in [7, 11) is 1.82. The number of aromatic nitrogens is 2. The molecule has 2 aromatic rings. The zero-order valence-electron chi connectivity index (χ0n) is 15.3. The van der Waals surface area contributed by atoms with E-state index in [9.17, 15) is 0 Å². The zero-order chi connectivity index (χ0) is 18.0. The Labute approximate surface area is 159 Å². The average Bonchev–Trinajstić information content (AvgIpc) is 3.38. The number of guanidine groups is 1. The minimum absolute atomic E-state index is 0.350. The minimum Gasteiger partial charge on any atom is -0.379 e. The Hall–Kier alpha value is -1.90. The number of ether oxygens (including phenoxy) is 1. The van der Waals surface area contributed by atoms with Gasteiger partial charge in [-0.05, 0) is 17.9 Å². The van der Waals surface area contributed by atoms with Gasteiger partial charge in [-0.15, -0.1) is 11.3 Å². The molecule has 3 rings (SSSR count). The fourth-order valence-corrected chi connectivity index (χ4v) is 3.94. The highest BCUT2D eigenvalue weighted by molar-refractivity contribution is 7.10. The van der Waals surface area contributed by atoms with Crippen LogP contribution in [0.3, 0.4) is 0 Å². The monoisotopic (exact) mass is 376 g/mol. The molecule has 1 fully saturated rings. The van der Waals surface area contributed by atoms with Crippen LogP contribution in [0.5, 0.6) is 0 Å². The summed E-state index contributed by atoms with van der Waals surface area (Å²) in [6.07, 6.45) is 6.67. The molecule has 8 heteroatoms. The van der Waals surface area contributed by atoms with Crippen molar-refractivity contribution in [1.82, 2.24) is 25.1 Å². The minimum atomic E-state index is 0.350. The standard InChI is InChI=1S/C18H28N6OS/c1-19-18(21-5-3-7-23-8-6-20-15-23)22-14-16(17-4-2-13-26-17)24-9-11-25-12-10-24/h2,4,6,8,13,15-16H,3,5,7,9-12,14H2,1H3,(H2,19,21,22). The van der Waals surface area contributed by atoms with Crippen molar-refractivity contribution in [3.05, 3.63) is 41.1 Å². The number of aryl methyl sites for hydroxylation is 1. The summed E-state index contributed by atoms with van der Waals surface area (Å²) in [5.74, 6) is 0.852. The molecular formula is C18H28N6OS. The van der Waals surface area contributed by atoms with Crippen molar-refractivity contribution >= 4 is 17.3 Å². The number of morpholine rings is 1. The molecule has 7 nitrogen and oxygen atoms in total. The van der Waals surface area contributed by atoms with E-state index >= 15 is 0 Å². The van der Waals surface area contributed by atoms with Crippen LogP contribution in [-0.4, -0.2) is 66.9 Å². The van der Waals surface area contributed by atoms with Crippen LogP contribution in [0.2, 0.25) is 0 Å². The number of aliphatic imine (C=N–C) groups is 1. The first kappa shape index (κ1) is 18.9. The lowest BCUT2D eigenvalue weighted by Gasteiger charge is -2.34. The van der Waals surface area contributed by atoms with Gasteiger partial charge in [0.05, 0.1) is 25.6 Å². The van der Waals surface area contributed by atoms with Crippen molar-refractivity contribution in [2.75, 3.05) is 46.4 Å². The Morgan fingerprint density at radius 1 is 1.38 bits per heavy atom. The van der Waals surface area contributed by atoms with E-state index in [-0.39, 0.29) is 0 Å². The van der Waals surface area contributed by atoms with Gasteiger partial charge < -0.3 is 19.9 Å². The fraction of sp³-hybridized carbons (Fsp3) is 0.556. The molecule has 0 aromatic carbocycles. The number of rotatable bonds is 8. The van der Waals surface area contributed by atoms with Crippen LogP contribution in [0.1, 0.15) is 17.3 Å². The van der Waals surface area contributed by atoms with Crippen molar-refractivity contribution < 1.29 is 4.74 Å². The summed E-state index contributed by atoms with van der Waals surface area (Å²) in [5, 5.41) is 9.04. The highest BCUT2D eigenvalue weighted by Crippen LogP contribution is 2.25. The Morgan fingerprint density at radius 3 is 2.96 bits per heavy atom. The average molecular weight is 377 g/mol. The quantitative estimate of drug-likeness (QED) is 0.416. The molecule has 1 aliphatic heterocycles. The molecule has 1 atom stereocenters. The maximum atomic E-state index is 5.51. The second-order valence-corrected chi connectivity index (χ2v) is 7.19. The molecule has 1 saturated heterocycles. The Bertz CT molecular complexity index is 637. The van der Waals surface area contributed by atoms with Crippen molar-refractivity contribution in [1.29, 1.82) is 0 Å². The number of nitrogens with one attached hydrogen (secondary N) is 2. The first-order valence-corrected chi connectivity index (χ1v) is 10.0. The van der Waals surface area contributed by atoms with Crippen LogP contribution >= 0.6 is 11.3 Å². The molecule has 1 unspecified atom stereocenters. The third-order valence-corrected chi connectivity index (χ3v) is 5.46. The van der Waals surface area contributed by atoms with E-state index in [1.54, 1.807) is 0 Å². The highest BCUT2D eigenvalue weighted by Gasteiger charge is 2.23. The SMILES string of the molecule is CN=C(NCCCn1ccnc1)NCC(c1cccs1)N1CCOCC1. The fourth-order valence-electron chi connectivity index (χ4n) is 3.08. The summed E-state index contributed by atoms with van der Waals surface area (Å²) in [6, 6.07) is 4.69. The Kier molecular flexibility index (Phi) is 7.48. The van der Waals surface area contributed by atoms with Gasteiger partial charge in [-0.25, -0.2) is 4.98 Å². The molecule has 0 amide bonds. The van der Waals surface area contributed by atoms with E-state index in [4.69, 9.17) is 4.74 Å². The Morgan fingerprint density at radius 2 is 2.27 bits per heavy atom. The van der Waals surface area contributed by atoms with Gasteiger partial charge in [-0.2, -0.15) is 0 Å². The van der Waals surface area contributed by atoms with Gasteiger partial charge in [0.15, 0.2) is 5.96 Å². The van der Waals surface area contributed by atoms with Crippen LogP contribution in [0.25, 0.3) is 0 Å². The van der Waals surface area contributed by atoms with Crippen molar-refractivity contribution in [2.45, 2.75) is 19.0 Å². The third kappa shape index (κ3) is 5.55. The molecule has 1 aliphatic rings. The summed E-state index contributed by atoms with van der Waals surface area (Å²) < 4.78 is 7.60. The maximum Gasteiger partial charge on any atom is 0.191 e. The maximum absolute atomic E-state index is 5.51. The molecule has 0 radical (unpaired) electrons. The van der Waals surface area contributed by atoms with Gasteiger partial charge in [0.25, 0.3) is 0 Å². The summed E-state index contributed by atoms with van der Waals surface area (Å²) in [4.78, 5) is 12.3. The lowest BCUT2D eigenvalue weighted by atomic mass is 10.2. The van der Waals surface area contributed by atoms with Crippen LogP contribution in [-0.2, 0) is 11.3 Å². The molecular weight excluding hydrogens is 348 g/mol. The number of hydrogen-bond acceptors (Lipinski definition) is 5. The molecule has 0 aliphatic carbocycles. The normalized spacial score (nSPS) is 17.2. The van der Waals surface area contributed by atoms with Gasteiger partial charge in [0, 0.05) is 57.0 Å². The molecule has 26 heavy (non-hydrogen) atoms. The van der Waals surface area contributed by atoms with Gasteiger partial charge in [-0.1, -0.05) is 6.07 Å². The van der Waals surface area contributed by atoms with Crippen molar-refractivity contribution in [3.8, 4) is 0 Å². The van der Waals surface area contributed by atoms with E-state index in [1.165, 1.54) is 4.88 Å². The van der Waals surface area contributed by atoms with E-state index in [2.05, 4.69) is 47.6 Å². The Balaban J connectivity index is 1.46. The molecule has 2 N–H and O–H groups in total. The zero-order valence-corrected chi connectivity index (χ0v) is 16.1.